The highest BCUT2D eigenvalue weighted by Gasteiger charge is 2.53. The van der Waals surface area contributed by atoms with Crippen molar-refractivity contribution in [2.24, 2.45) is 17.8 Å². The predicted octanol–water partition coefficient (Wildman–Crippen LogP) is 6.46. The number of fused-ring (bicyclic) bond motifs is 1. The Bertz CT molecular complexity index is 1020. The van der Waals surface area contributed by atoms with Crippen LogP contribution in [0.5, 0.6) is 0 Å². The molecule has 0 spiro atoms. The Morgan fingerprint density at radius 3 is 1.76 bits per heavy atom. The topological polar surface area (TPSA) is 29.1 Å². The molecule has 1 N–H and O–H groups in total. The summed E-state index contributed by atoms with van der Waals surface area (Å²) in [6, 6.07) is 24.7. The molecule has 0 heterocycles. The van der Waals surface area contributed by atoms with Crippen molar-refractivity contribution in [3.8, 4) is 0 Å². The maximum absolute atomic E-state index is 13.6. The maximum Gasteiger partial charge on any atom is 0.228 e. The number of halogens is 1. The molecule has 0 radical (unpaired) electrons. The van der Waals surface area contributed by atoms with Crippen LogP contribution in [-0.2, 0) is 4.79 Å². The normalized spacial score (nSPS) is 24.1. The fraction of sp³-hybridized carbons (Fsp3) is 0.269. The molecule has 3 aliphatic rings. The van der Waals surface area contributed by atoms with Crippen molar-refractivity contribution in [1.82, 2.24) is 0 Å². The van der Waals surface area contributed by atoms with Gasteiger partial charge < -0.3 is 5.32 Å². The van der Waals surface area contributed by atoms with Gasteiger partial charge in [0.2, 0.25) is 5.91 Å². The fourth-order valence-electron chi connectivity index (χ4n) is 5.61. The lowest BCUT2D eigenvalue weighted by molar-refractivity contribution is -0.123. The van der Waals surface area contributed by atoms with Gasteiger partial charge in [0.05, 0.1) is 5.92 Å². The summed E-state index contributed by atoms with van der Waals surface area (Å²) in [5, 5.41) is 3.84. The summed E-state index contributed by atoms with van der Waals surface area (Å²) in [6.07, 6.45) is 0. The van der Waals surface area contributed by atoms with E-state index in [9.17, 15) is 4.79 Å². The molecule has 0 aliphatic heterocycles. The predicted molar refractivity (Wildman–Crippen MR) is 118 cm³/mol. The maximum atomic E-state index is 13.6. The molecular weight excluding hydrogens is 378 g/mol. The summed E-state index contributed by atoms with van der Waals surface area (Å²) < 4.78 is 0. The summed E-state index contributed by atoms with van der Waals surface area (Å²) in [6.45, 7) is 4.50. The van der Waals surface area contributed by atoms with Gasteiger partial charge >= 0.3 is 0 Å². The van der Waals surface area contributed by atoms with E-state index in [0.717, 1.165) is 5.69 Å². The lowest BCUT2D eigenvalue weighted by Gasteiger charge is -2.51. The van der Waals surface area contributed by atoms with E-state index in [4.69, 9.17) is 11.6 Å². The molecule has 0 saturated carbocycles. The van der Waals surface area contributed by atoms with Gasteiger partial charge in [0.15, 0.2) is 0 Å². The molecule has 6 rings (SSSR count). The molecule has 146 valence electrons. The highest BCUT2D eigenvalue weighted by molar-refractivity contribution is 6.30. The second kappa shape index (κ2) is 7.03. The number of rotatable bonds is 3. The Balaban J connectivity index is 1.63. The van der Waals surface area contributed by atoms with E-state index in [1.165, 1.54) is 22.3 Å². The van der Waals surface area contributed by atoms with Crippen LogP contribution < -0.4 is 5.32 Å². The number of hydrogen-bond donors (Lipinski definition) is 1. The van der Waals surface area contributed by atoms with Crippen molar-refractivity contribution in [3.63, 3.8) is 0 Å². The average molecular weight is 402 g/mol. The van der Waals surface area contributed by atoms with Gasteiger partial charge in [-0.25, -0.2) is 0 Å². The van der Waals surface area contributed by atoms with E-state index in [1.807, 2.05) is 24.3 Å². The van der Waals surface area contributed by atoms with Crippen LogP contribution in [0.15, 0.2) is 72.8 Å². The third-order valence-corrected chi connectivity index (χ3v) is 6.93. The van der Waals surface area contributed by atoms with Crippen LogP contribution in [0.25, 0.3) is 0 Å². The third kappa shape index (κ3) is 2.89. The van der Waals surface area contributed by atoms with Gasteiger partial charge in [-0.1, -0.05) is 74.0 Å². The smallest absolute Gasteiger partial charge is 0.228 e. The van der Waals surface area contributed by atoms with Crippen LogP contribution in [0.3, 0.4) is 0 Å². The summed E-state index contributed by atoms with van der Waals surface area (Å²) >= 11 is 6.01. The largest absolute Gasteiger partial charge is 0.326 e. The molecule has 0 saturated heterocycles. The highest BCUT2D eigenvalue weighted by atomic mass is 35.5. The van der Waals surface area contributed by atoms with Crippen LogP contribution >= 0.6 is 11.6 Å². The van der Waals surface area contributed by atoms with Crippen LogP contribution in [0.1, 0.15) is 47.9 Å². The lowest BCUT2D eigenvalue weighted by Crippen LogP contribution is -2.47. The van der Waals surface area contributed by atoms with E-state index in [0.29, 0.717) is 10.9 Å². The first-order chi connectivity index (χ1) is 14.1. The minimum atomic E-state index is -0.0968. The second-order valence-corrected chi connectivity index (χ2v) is 8.99. The Morgan fingerprint density at radius 1 is 0.793 bits per heavy atom. The first kappa shape index (κ1) is 18.4. The Labute approximate surface area is 176 Å². The quantitative estimate of drug-likeness (QED) is 0.536. The van der Waals surface area contributed by atoms with Crippen molar-refractivity contribution in [3.05, 3.63) is 100 Å². The Hall–Kier alpha value is -2.58. The Kier molecular flexibility index (Phi) is 4.48. The molecule has 0 aromatic heterocycles. The first-order valence-corrected chi connectivity index (χ1v) is 10.7. The standard InChI is InChI=1S/C26H24ClNO/c1-15(2)22-23-18-7-3-5-9-20(18)24(21-10-6-4-8-19(21)23)25(22)26(29)28-17-13-11-16(27)12-14-17/h3-15,22-25H,1-2H3,(H,28,29)/t22-,23?,24?,25-/m1/s1. The van der Waals surface area contributed by atoms with Crippen LogP contribution in [-0.4, -0.2) is 5.91 Å². The van der Waals surface area contributed by atoms with Gasteiger partial charge in [0.1, 0.15) is 0 Å². The average Bonchev–Trinajstić information content (AvgIpc) is 2.74. The number of hydrogen-bond acceptors (Lipinski definition) is 1. The monoisotopic (exact) mass is 401 g/mol. The highest BCUT2D eigenvalue weighted by Crippen LogP contribution is 2.60. The van der Waals surface area contributed by atoms with E-state index < -0.39 is 0 Å². The van der Waals surface area contributed by atoms with Gasteiger partial charge in [-0.15, -0.1) is 0 Å². The van der Waals surface area contributed by atoms with Crippen molar-refractivity contribution in [1.29, 1.82) is 0 Å². The third-order valence-electron chi connectivity index (χ3n) is 6.68. The van der Waals surface area contributed by atoms with Gasteiger partial charge in [0.25, 0.3) is 0 Å². The molecule has 2 bridgehead atoms. The Morgan fingerprint density at radius 2 is 1.28 bits per heavy atom. The zero-order chi connectivity index (χ0) is 20.1. The lowest BCUT2D eigenvalue weighted by atomic mass is 9.52. The van der Waals surface area contributed by atoms with E-state index in [2.05, 4.69) is 67.7 Å². The molecule has 3 aromatic rings. The van der Waals surface area contributed by atoms with Gasteiger partial charge in [-0.2, -0.15) is 0 Å². The van der Waals surface area contributed by atoms with Gasteiger partial charge in [-0.3, -0.25) is 4.79 Å². The summed E-state index contributed by atoms with van der Waals surface area (Å²) in [5.41, 5.74) is 6.20. The number of carbonyl (C=O) groups excluding carboxylic acids is 1. The van der Waals surface area contributed by atoms with Gasteiger partial charge in [0, 0.05) is 22.5 Å². The number of anilines is 1. The van der Waals surface area contributed by atoms with Gasteiger partial charge in [-0.05, 0) is 58.4 Å². The first-order valence-electron chi connectivity index (χ1n) is 10.3. The summed E-state index contributed by atoms with van der Waals surface area (Å²) in [7, 11) is 0. The molecule has 3 aliphatic carbocycles. The molecule has 2 atom stereocenters. The number of benzene rings is 3. The van der Waals surface area contributed by atoms with Crippen molar-refractivity contribution < 1.29 is 4.79 Å². The zero-order valence-corrected chi connectivity index (χ0v) is 17.4. The second-order valence-electron chi connectivity index (χ2n) is 8.56. The van der Waals surface area contributed by atoms with Crippen LogP contribution in [0.2, 0.25) is 5.02 Å². The molecule has 0 unspecified atom stereocenters. The van der Waals surface area contributed by atoms with Crippen molar-refractivity contribution in [2.45, 2.75) is 25.7 Å². The molecule has 2 nitrogen and oxygen atoms in total. The minimum Gasteiger partial charge on any atom is -0.326 e. The van der Waals surface area contributed by atoms with E-state index in [1.54, 1.807) is 0 Å². The number of amides is 1. The van der Waals surface area contributed by atoms with Crippen LogP contribution in [0, 0.1) is 17.8 Å². The number of nitrogens with one attached hydrogen (secondary N) is 1. The molecule has 3 aromatic carbocycles. The minimum absolute atomic E-state index is 0.0899. The summed E-state index contributed by atoms with van der Waals surface area (Å²) in [5.74, 6) is 1.01. The van der Waals surface area contributed by atoms with E-state index in [-0.39, 0.29) is 29.6 Å². The van der Waals surface area contributed by atoms with Crippen LogP contribution in [0.4, 0.5) is 5.69 Å². The fourth-order valence-corrected chi connectivity index (χ4v) is 5.73. The SMILES string of the molecule is CC(C)[C@@H]1C2c3ccccc3C(c3ccccc32)[C@@H]1C(=O)Nc1ccc(Cl)cc1. The zero-order valence-electron chi connectivity index (χ0n) is 16.6. The molecular formula is C26H24ClNO. The molecule has 1 amide bonds. The summed E-state index contributed by atoms with van der Waals surface area (Å²) in [4.78, 5) is 13.6. The molecule has 0 fully saturated rings. The van der Waals surface area contributed by atoms with Crippen molar-refractivity contribution >= 4 is 23.2 Å². The number of carbonyl (C=O) groups is 1. The molecule has 3 heteroatoms. The van der Waals surface area contributed by atoms with E-state index >= 15 is 0 Å². The molecule has 29 heavy (non-hydrogen) atoms. The van der Waals surface area contributed by atoms with Crippen molar-refractivity contribution in [2.75, 3.05) is 5.32 Å².